The smallest absolute Gasteiger partial charge is 0.345 e. The van der Waals surface area contributed by atoms with Crippen LogP contribution in [0.2, 0.25) is 0 Å². The number of carbonyl (C=O) groups is 1. The maximum absolute atomic E-state index is 12.7. The molecular weight excluding hydrogens is 364 g/mol. The molecule has 0 radical (unpaired) electrons. The molecule has 0 spiro atoms. The van der Waals surface area contributed by atoms with E-state index in [4.69, 9.17) is 0 Å². The zero-order chi connectivity index (χ0) is 20.1. The number of hydrogen-bond donors (Lipinski definition) is 1. The third kappa shape index (κ3) is 4.47. The maximum Gasteiger partial charge on any atom is 0.345 e. The van der Waals surface area contributed by atoms with Crippen LogP contribution in [0.25, 0.3) is 0 Å². The number of benzene rings is 2. The molecule has 2 aromatic carbocycles. The molecule has 2 heterocycles. The van der Waals surface area contributed by atoms with Crippen molar-refractivity contribution in [1.29, 1.82) is 0 Å². The van der Waals surface area contributed by atoms with E-state index in [2.05, 4.69) is 22.5 Å². The van der Waals surface area contributed by atoms with E-state index in [1.807, 2.05) is 42.5 Å². The fraction of sp³-hybridized carbons (Fsp3) is 0.348. The molecule has 0 saturated carbocycles. The summed E-state index contributed by atoms with van der Waals surface area (Å²) in [6.45, 7) is 1.79. The van der Waals surface area contributed by atoms with Crippen molar-refractivity contribution in [3.63, 3.8) is 0 Å². The number of aromatic nitrogens is 3. The number of aryl methyl sites for hydroxylation is 2. The highest BCUT2D eigenvalue weighted by Gasteiger charge is 2.16. The molecule has 0 atom stereocenters. The summed E-state index contributed by atoms with van der Waals surface area (Å²) in [5, 5.41) is 7.43. The van der Waals surface area contributed by atoms with E-state index in [1.54, 1.807) is 4.57 Å². The summed E-state index contributed by atoms with van der Waals surface area (Å²) in [4.78, 5) is 25.1. The SMILES string of the molecule is O=C(NCCCn1nc2n(c1=O)CCCC2)c1ccccc1Cc1ccccc1. The average molecular weight is 390 g/mol. The molecular formula is C23H26N4O2. The van der Waals surface area contributed by atoms with E-state index < -0.39 is 0 Å². The van der Waals surface area contributed by atoms with Gasteiger partial charge in [0.1, 0.15) is 5.82 Å². The number of carbonyl (C=O) groups excluding carboxylic acids is 1. The first kappa shape index (κ1) is 19.2. The van der Waals surface area contributed by atoms with Crippen molar-refractivity contribution >= 4 is 5.91 Å². The molecule has 0 saturated heterocycles. The first-order valence-corrected chi connectivity index (χ1v) is 10.3. The van der Waals surface area contributed by atoms with Crippen LogP contribution >= 0.6 is 0 Å². The minimum absolute atomic E-state index is 0.0285. The van der Waals surface area contributed by atoms with Crippen LogP contribution in [0.4, 0.5) is 0 Å². The first-order valence-electron chi connectivity index (χ1n) is 10.3. The van der Waals surface area contributed by atoms with Gasteiger partial charge in [-0.3, -0.25) is 9.36 Å². The summed E-state index contributed by atoms with van der Waals surface area (Å²) in [7, 11) is 0. The zero-order valence-electron chi connectivity index (χ0n) is 16.5. The second-order valence-electron chi connectivity index (χ2n) is 7.46. The molecule has 6 nitrogen and oxygen atoms in total. The molecule has 1 aromatic heterocycles. The molecule has 3 aromatic rings. The highest BCUT2D eigenvalue weighted by molar-refractivity contribution is 5.95. The largest absolute Gasteiger partial charge is 0.352 e. The summed E-state index contributed by atoms with van der Waals surface area (Å²) < 4.78 is 3.32. The number of hydrogen-bond acceptors (Lipinski definition) is 3. The van der Waals surface area contributed by atoms with Crippen molar-refractivity contribution in [2.24, 2.45) is 0 Å². The topological polar surface area (TPSA) is 68.9 Å². The lowest BCUT2D eigenvalue weighted by Crippen LogP contribution is -2.29. The molecule has 6 heteroatoms. The van der Waals surface area contributed by atoms with E-state index in [9.17, 15) is 9.59 Å². The molecule has 0 unspecified atom stereocenters. The Morgan fingerprint density at radius 1 is 1.03 bits per heavy atom. The zero-order valence-corrected chi connectivity index (χ0v) is 16.5. The van der Waals surface area contributed by atoms with Gasteiger partial charge in [0.2, 0.25) is 0 Å². The Morgan fingerprint density at radius 2 is 1.83 bits per heavy atom. The normalized spacial score (nSPS) is 13.1. The van der Waals surface area contributed by atoms with Crippen LogP contribution in [0.3, 0.4) is 0 Å². The van der Waals surface area contributed by atoms with Crippen molar-refractivity contribution in [2.45, 2.75) is 45.2 Å². The van der Waals surface area contributed by atoms with E-state index >= 15 is 0 Å². The predicted molar refractivity (Wildman–Crippen MR) is 112 cm³/mol. The average Bonchev–Trinajstić information content (AvgIpc) is 3.08. The summed E-state index contributed by atoms with van der Waals surface area (Å²) in [6, 6.07) is 17.8. The number of rotatable bonds is 7. The maximum atomic E-state index is 12.7. The van der Waals surface area contributed by atoms with Gasteiger partial charge in [-0.05, 0) is 42.9 Å². The van der Waals surface area contributed by atoms with E-state index in [-0.39, 0.29) is 11.6 Å². The molecule has 1 aliphatic heterocycles. The van der Waals surface area contributed by atoms with E-state index in [0.717, 1.165) is 43.6 Å². The van der Waals surface area contributed by atoms with Gasteiger partial charge in [-0.2, -0.15) is 5.10 Å². The Morgan fingerprint density at radius 3 is 2.66 bits per heavy atom. The fourth-order valence-corrected chi connectivity index (χ4v) is 3.83. The highest BCUT2D eigenvalue weighted by atomic mass is 16.2. The number of fused-ring (bicyclic) bond motifs is 1. The minimum atomic E-state index is -0.0759. The summed E-state index contributed by atoms with van der Waals surface area (Å²) in [5.41, 5.74) is 2.86. The van der Waals surface area contributed by atoms with Crippen molar-refractivity contribution in [3.8, 4) is 0 Å². The van der Waals surface area contributed by atoms with Crippen molar-refractivity contribution < 1.29 is 4.79 Å². The lowest BCUT2D eigenvalue weighted by atomic mass is 9.99. The van der Waals surface area contributed by atoms with Crippen LogP contribution in [-0.2, 0) is 25.9 Å². The van der Waals surface area contributed by atoms with E-state index in [0.29, 0.717) is 25.1 Å². The van der Waals surface area contributed by atoms with Gasteiger partial charge >= 0.3 is 5.69 Å². The quantitative estimate of drug-likeness (QED) is 0.631. The van der Waals surface area contributed by atoms with Crippen LogP contribution in [0.5, 0.6) is 0 Å². The Bertz CT molecular complexity index is 1040. The third-order valence-corrected chi connectivity index (χ3v) is 5.36. The first-order chi connectivity index (χ1) is 14.2. The number of amides is 1. The van der Waals surface area contributed by atoms with Gasteiger partial charge < -0.3 is 5.32 Å². The molecule has 0 aliphatic carbocycles. The van der Waals surface area contributed by atoms with Gasteiger partial charge in [-0.15, -0.1) is 0 Å². The van der Waals surface area contributed by atoms with Crippen molar-refractivity contribution in [1.82, 2.24) is 19.7 Å². The Labute approximate surface area is 170 Å². The lowest BCUT2D eigenvalue weighted by Gasteiger charge is -2.10. The minimum Gasteiger partial charge on any atom is -0.352 e. The molecule has 0 bridgehead atoms. The predicted octanol–water partition coefficient (Wildman–Crippen LogP) is 2.79. The molecule has 150 valence electrons. The third-order valence-electron chi connectivity index (χ3n) is 5.36. The fourth-order valence-electron chi connectivity index (χ4n) is 3.83. The van der Waals surface area contributed by atoms with Crippen LogP contribution in [-0.4, -0.2) is 26.8 Å². The van der Waals surface area contributed by atoms with Gasteiger partial charge in [0.25, 0.3) is 5.91 Å². The second kappa shape index (κ2) is 8.90. The Kier molecular flexibility index (Phi) is 5.89. The van der Waals surface area contributed by atoms with Gasteiger partial charge in [0, 0.05) is 31.6 Å². The van der Waals surface area contributed by atoms with Crippen molar-refractivity contribution in [3.05, 3.63) is 87.6 Å². The highest BCUT2D eigenvalue weighted by Crippen LogP contribution is 2.14. The monoisotopic (exact) mass is 390 g/mol. The molecule has 29 heavy (non-hydrogen) atoms. The second-order valence-corrected chi connectivity index (χ2v) is 7.46. The molecule has 1 aliphatic rings. The van der Waals surface area contributed by atoms with Crippen molar-refractivity contribution in [2.75, 3.05) is 6.54 Å². The van der Waals surface area contributed by atoms with Gasteiger partial charge in [0.05, 0.1) is 0 Å². The van der Waals surface area contributed by atoms with Crippen LogP contribution in [0.15, 0.2) is 59.4 Å². The Hall–Kier alpha value is -3.15. The van der Waals surface area contributed by atoms with Gasteiger partial charge in [0.15, 0.2) is 0 Å². The number of nitrogens with zero attached hydrogens (tertiary/aromatic N) is 3. The summed E-state index contributed by atoms with van der Waals surface area (Å²) in [5.74, 6) is 0.813. The van der Waals surface area contributed by atoms with Crippen LogP contribution in [0.1, 0.15) is 46.6 Å². The number of nitrogens with one attached hydrogen (secondary N) is 1. The molecule has 0 fully saturated rings. The molecule has 1 N–H and O–H groups in total. The van der Waals surface area contributed by atoms with Crippen LogP contribution < -0.4 is 11.0 Å². The molecule has 1 amide bonds. The molecule has 4 rings (SSSR count). The van der Waals surface area contributed by atoms with Gasteiger partial charge in [-0.1, -0.05) is 48.5 Å². The lowest BCUT2D eigenvalue weighted by molar-refractivity contribution is 0.0951. The summed E-state index contributed by atoms with van der Waals surface area (Å²) >= 11 is 0. The summed E-state index contributed by atoms with van der Waals surface area (Å²) in [6.07, 6.45) is 4.39. The van der Waals surface area contributed by atoms with Crippen LogP contribution in [0, 0.1) is 0 Å². The van der Waals surface area contributed by atoms with E-state index in [1.165, 1.54) is 10.2 Å². The van der Waals surface area contributed by atoms with Gasteiger partial charge in [-0.25, -0.2) is 9.48 Å². The Balaban J connectivity index is 1.34. The standard InChI is InChI=1S/C23H26N4O2/c28-22(20-12-5-4-11-19(20)17-18-9-2-1-3-10-18)24-14-8-16-27-23(29)26-15-7-6-13-21(26)25-27/h1-5,9-12H,6-8,13-17H2,(H,24,28).